The molecule has 0 radical (unpaired) electrons. The van der Waals surface area contributed by atoms with Crippen LogP contribution >= 0.6 is 11.6 Å². The molecular formula is C10H11ClFNO. The molecule has 1 aromatic rings. The summed E-state index contributed by atoms with van der Waals surface area (Å²) in [5, 5.41) is 2.47. The summed E-state index contributed by atoms with van der Waals surface area (Å²) in [5.41, 5.74) is 0.135. The lowest BCUT2D eigenvalue weighted by Gasteiger charge is -2.05. The second-order valence-corrected chi connectivity index (χ2v) is 3.31. The SMILES string of the molecule is CCCC(=O)Nc1cccc(Cl)c1F. The Balaban J connectivity index is 2.76. The average Bonchev–Trinajstić information content (AvgIpc) is 2.13. The first kappa shape index (κ1) is 11.0. The third-order valence-electron chi connectivity index (χ3n) is 1.70. The standard InChI is InChI=1S/C10H11ClFNO/c1-2-4-9(14)13-8-6-3-5-7(11)10(8)12/h3,5-6H,2,4H2,1H3,(H,13,14). The van der Waals surface area contributed by atoms with E-state index in [2.05, 4.69) is 5.32 Å². The van der Waals surface area contributed by atoms with Crippen molar-refractivity contribution < 1.29 is 9.18 Å². The van der Waals surface area contributed by atoms with Crippen LogP contribution in [-0.4, -0.2) is 5.91 Å². The van der Waals surface area contributed by atoms with Crippen LogP contribution in [0, 0.1) is 5.82 Å². The highest BCUT2D eigenvalue weighted by atomic mass is 35.5. The van der Waals surface area contributed by atoms with Gasteiger partial charge in [0.05, 0.1) is 10.7 Å². The molecule has 0 bridgehead atoms. The highest BCUT2D eigenvalue weighted by molar-refractivity contribution is 6.31. The van der Waals surface area contributed by atoms with Crippen LogP contribution in [0.5, 0.6) is 0 Å². The summed E-state index contributed by atoms with van der Waals surface area (Å²) in [7, 11) is 0. The number of rotatable bonds is 3. The summed E-state index contributed by atoms with van der Waals surface area (Å²) in [6.07, 6.45) is 1.11. The fourth-order valence-corrected chi connectivity index (χ4v) is 1.21. The van der Waals surface area contributed by atoms with Crippen molar-refractivity contribution >= 4 is 23.2 Å². The number of nitrogens with one attached hydrogen (secondary N) is 1. The number of hydrogen-bond acceptors (Lipinski definition) is 1. The van der Waals surface area contributed by atoms with Crippen molar-refractivity contribution in [2.75, 3.05) is 5.32 Å². The highest BCUT2D eigenvalue weighted by Gasteiger charge is 2.08. The predicted molar refractivity (Wildman–Crippen MR) is 54.9 cm³/mol. The topological polar surface area (TPSA) is 29.1 Å². The second kappa shape index (κ2) is 4.96. The van der Waals surface area contributed by atoms with E-state index in [4.69, 9.17) is 11.6 Å². The molecule has 0 spiro atoms. The lowest BCUT2D eigenvalue weighted by atomic mass is 10.2. The first-order valence-corrected chi connectivity index (χ1v) is 4.76. The van der Waals surface area contributed by atoms with Gasteiger partial charge in [-0.3, -0.25) is 4.79 Å². The van der Waals surface area contributed by atoms with Gasteiger partial charge in [-0.15, -0.1) is 0 Å². The number of carbonyl (C=O) groups is 1. The molecule has 1 aromatic carbocycles. The summed E-state index contributed by atoms with van der Waals surface area (Å²) in [5.74, 6) is -0.785. The maximum Gasteiger partial charge on any atom is 0.224 e. The zero-order valence-electron chi connectivity index (χ0n) is 7.81. The predicted octanol–water partition coefficient (Wildman–Crippen LogP) is 3.22. The Kier molecular flexibility index (Phi) is 3.89. The van der Waals surface area contributed by atoms with Crippen molar-refractivity contribution in [2.24, 2.45) is 0 Å². The third-order valence-corrected chi connectivity index (χ3v) is 1.99. The molecule has 0 unspecified atom stereocenters. The number of amides is 1. The minimum absolute atomic E-state index is 0.0132. The van der Waals surface area contributed by atoms with Gasteiger partial charge in [0.15, 0.2) is 5.82 Å². The van der Waals surface area contributed by atoms with Crippen LogP contribution in [0.4, 0.5) is 10.1 Å². The molecule has 76 valence electrons. The van der Waals surface area contributed by atoms with Crippen molar-refractivity contribution in [3.63, 3.8) is 0 Å². The van der Waals surface area contributed by atoms with E-state index in [0.717, 1.165) is 6.42 Å². The molecule has 0 aliphatic carbocycles. The van der Waals surface area contributed by atoms with Crippen LogP contribution in [0.2, 0.25) is 5.02 Å². The first-order chi connectivity index (χ1) is 6.65. The molecule has 0 aliphatic rings. The molecule has 0 atom stereocenters. The molecule has 0 heterocycles. The molecule has 0 aromatic heterocycles. The van der Waals surface area contributed by atoms with Crippen molar-refractivity contribution in [1.82, 2.24) is 0 Å². The van der Waals surface area contributed by atoms with Crippen LogP contribution in [-0.2, 0) is 4.79 Å². The number of carbonyl (C=O) groups excluding carboxylic acids is 1. The molecule has 1 N–H and O–H groups in total. The Bertz CT molecular complexity index is 341. The van der Waals surface area contributed by atoms with Gasteiger partial charge in [0.25, 0.3) is 0 Å². The van der Waals surface area contributed by atoms with Gasteiger partial charge in [0, 0.05) is 6.42 Å². The maximum absolute atomic E-state index is 13.3. The highest BCUT2D eigenvalue weighted by Crippen LogP contribution is 2.21. The van der Waals surface area contributed by atoms with Gasteiger partial charge in [0.2, 0.25) is 5.91 Å². The second-order valence-electron chi connectivity index (χ2n) is 2.90. The van der Waals surface area contributed by atoms with Crippen LogP contribution < -0.4 is 5.32 Å². The summed E-state index contributed by atoms with van der Waals surface area (Å²) < 4.78 is 13.3. The van der Waals surface area contributed by atoms with Crippen molar-refractivity contribution in [3.05, 3.63) is 29.0 Å². The lowest BCUT2D eigenvalue weighted by Crippen LogP contribution is -2.11. The summed E-state index contributed by atoms with van der Waals surface area (Å²) in [6.45, 7) is 1.88. The van der Waals surface area contributed by atoms with Crippen molar-refractivity contribution in [3.8, 4) is 0 Å². The summed E-state index contributed by atoms with van der Waals surface area (Å²) in [4.78, 5) is 11.2. The zero-order chi connectivity index (χ0) is 10.6. The summed E-state index contributed by atoms with van der Waals surface area (Å²) >= 11 is 5.55. The largest absolute Gasteiger partial charge is 0.324 e. The van der Waals surface area contributed by atoms with Gasteiger partial charge in [-0.2, -0.15) is 0 Å². The normalized spacial score (nSPS) is 9.93. The Morgan fingerprint density at radius 2 is 2.29 bits per heavy atom. The van der Waals surface area contributed by atoms with Crippen LogP contribution in [0.1, 0.15) is 19.8 Å². The van der Waals surface area contributed by atoms with E-state index in [-0.39, 0.29) is 16.6 Å². The molecule has 1 amide bonds. The van der Waals surface area contributed by atoms with Gasteiger partial charge in [-0.1, -0.05) is 24.6 Å². The van der Waals surface area contributed by atoms with Crippen molar-refractivity contribution in [2.45, 2.75) is 19.8 Å². The average molecular weight is 216 g/mol. The van der Waals surface area contributed by atoms with E-state index in [1.54, 1.807) is 6.07 Å². The fraction of sp³-hybridized carbons (Fsp3) is 0.300. The van der Waals surface area contributed by atoms with E-state index in [1.165, 1.54) is 12.1 Å². The molecule has 4 heteroatoms. The Hall–Kier alpha value is -1.09. The van der Waals surface area contributed by atoms with Gasteiger partial charge in [0.1, 0.15) is 0 Å². The quantitative estimate of drug-likeness (QED) is 0.824. The smallest absolute Gasteiger partial charge is 0.224 e. The van der Waals surface area contributed by atoms with E-state index < -0.39 is 5.82 Å². The Labute approximate surface area is 87.1 Å². The number of halogens is 2. The van der Waals surface area contributed by atoms with Crippen LogP contribution in [0.15, 0.2) is 18.2 Å². The minimum Gasteiger partial charge on any atom is -0.324 e. The van der Waals surface area contributed by atoms with E-state index >= 15 is 0 Å². The van der Waals surface area contributed by atoms with Crippen LogP contribution in [0.3, 0.4) is 0 Å². The minimum atomic E-state index is -0.585. The Morgan fingerprint density at radius 1 is 1.57 bits per heavy atom. The molecule has 0 aliphatic heterocycles. The van der Waals surface area contributed by atoms with Gasteiger partial charge in [-0.05, 0) is 18.6 Å². The molecule has 2 nitrogen and oxygen atoms in total. The molecule has 1 rings (SSSR count). The first-order valence-electron chi connectivity index (χ1n) is 4.39. The maximum atomic E-state index is 13.3. The fourth-order valence-electron chi connectivity index (χ4n) is 1.04. The molecular weight excluding hydrogens is 205 g/mol. The number of hydrogen-bond donors (Lipinski definition) is 1. The summed E-state index contributed by atoms with van der Waals surface area (Å²) in [6, 6.07) is 4.51. The number of anilines is 1. The van der Waals surface area contributed by atoms with Gasteiger partial charge in [-0.25, -0.2) is 4.39 Å². The van der Waals surface area contributed by atoms with E-state index in [0.29, 0.717) is 6.42 Å². The number of benzene rings is 1. The van der Waals surface area contributed by atoms with E-state index in [9.17, 15) is 9.18 Å². The monoisotopic (exact) mass is 215 g/mol. The molecule has 0 saturated heterocycles. The third kappa shape index (κ3) is 2.70. The van der Waals surface area contributed by atoms with Gasteiger partial charge < -0.3 is 5.32 Å². The molecule has 0 saturated carbocycles. The van der Waals surface area contributed by atoms with Gasteiger partial charge >= 0.3 is 0 Å². The zero-order valence-corrected chi connectivity index (χ0v) is 8.57. The Morgan fingerprint density at radius 3 is 2.93 bits per heavy atom. The molecule has 14 heavy (non-hydrogen) atoms. The lowest BCUT2D eigenvalue weighted by molar-refractivity contribution is -0.116. The van der Waals surface area contributed by atoms with Crippen molar-refractivity contribution in [1.29, 1.82) is 0 Å². The molecule has 0 fully saturated rings. The van der Waals surface area contributed by atoms with E-state index in [1.807, 2.05) is 6.92 Å². The van der Waals surface area contributed by atoms with Crippen LogP contribution in [0.25, 0.3) is 0 Å².